The highest BCUT2D eigenvalue weighted by atomic mass is 32.1. The number of hydrogen-bond acceptors (Lipinski definition) is 6. The van der Waals surface area contributed by atoms with Gasteiger partial charge in [0.25, 0.3) is 17.7 Å². The summed E-state index contributed by atoms with van der Waals surface area (Å²) in [5, 5.41) is 0. The van der Waals surface area contributed by atoms with Gasteiger partial charge in [0.15, 0.2) is 4.80 Å². The zero-order valence-corrected chi connectivity index (χ0v) is 18.5. The van der Waals surface area contributed by atoms with Crippen LogP contribution in [0.3, 0.4) is 0 Å². The monoisotopic (exact) mass is 451 g/mol. The van der Waals surface area contributed by atoms with Gasteiger partial charge >= 0.3 is 5.97 Å². The fourth-order valence-electron chi connectivity index (χ4n) is 3.57. The lowest BCUT2D eigenvalue weighted by Gasteiger charge is -2.10. The molecule has 0 spiro atoms. The van der Waals surface area contributed by atoms with Crippen molar-refractivity contribution in [3.63, 3.8) is 0 Å². The van der Waals surface area contributed by atoms with E-state index >= 15 is 0 Å². The topological polar surface area (TPSA) is 98.0 Å². The van der Waals surface area contributed by atoms with Crippen molar-refractivity contribution in [1.82, 2.24) is 9.47 Å². The highest BCUT2D eigenvalue weighted by Gasteiger charge is 2.36. The summed E-state index contributed by atoms with van der Waals surface area (Å²) in [4.78, 5) is 55.3. The van der Waals surface area contributed by atoms with E-state index in [9.17, 15) is 19.2 Å². The quantitative estimate of drug-likeness (QED) is 0.424. The van der Waals surface area contributed by atoms with E-state index in [4.69, 9.17) is 4.74 Å². The molecule has 3 aromatic rings. The van der Waals surface area contributed by atoms with E-state index in [0.29, 0.717) is 4.80 Å². The first-order valence-electron chi connectivity index (χ1n) is 10.2. The molecule has 0 N–H and O–H groups in total. The molecule has 4 rings (SSSR count). The molecule has 164 valence electrons. The van der Waals surface area contributed by atoms with E-state index in [2.05, 4.69) is 4.99 Å². The van der Waals surface area contributed by atoms with Crippen LogP contribution in [0.5, 0.6) is 0 Å². The minimum absolute atomic E-state index is 0.0988. The Bertz CT molecular complexity index is 1290. The lowest BCUT2D eigenvalue weighted by Crippen LogP contribution is -2.35. The SMILES string of the molecule is CCOC(=O)Cn1c(=NC(=O)CN2C(=O)c3ccccc3C2=O)sc2cc(CC)ccc21. The summed E-state index contributed by atoms with van der Waals surface area (Å²) in [5.74, 6) is -2.13. The first-order chi connectivity index (χ1) is 15.4. The molecule has 0 saturated heterocycles. The van der Waals surface area contributed by atoms with Gasteiger partial charge in [0.05, 0.1) is 28.0 Å². The molecule has 0 bridgehead atoms. The molecule has 1 aliphatic heterocycles. The van der Waals surface area contributed by atoms with Crippen molar-refractivity contribution in [2.45, 2.75) is 26.8 Å². The van der Waals surface area contributed by atoms with Crippen molar-refractivity contribution in [2.75, 3.05) is 13.2 Å². The molecule has 0 unspecified atom stereocenters. The van der Waals surface area contributed by atoms with E-state index in [1.807, 2.05) is 25.1 Å². The van der Waals surface area contributed by atoms with E-state index in [1.54, 1.807) is 35.8 Å². The second-order valence-corrected chi connectivity index (χ2v) is 8.19. The number of amides is 3. The number of carbonyl (C=O) groups excluding carboxylic acids is 4. The Morgan fingerprint density at radius 1 is 1.00 bits per heavy atom. The van der Waals surface area contributed by atoms with Crippen LogP contribution in [0, 0.1) is 0 Å². The van der Waals surface area contributed by atoms with Crippen molar-refractivity contribution in [3.05, 3.63) is 64.0 Å². The fourth-order valence-corrected chi connectivity index (χ4v) is 4.68. The molecule has 0 aliphatic carbocycles. The Hall–Kier alpha value is -3.59. The average molecular weight is 452 g/mol. The molecular formula is C23H21N3O5S. The van der Waals surface area contributed by atoms with Crippen LogP contribution in [0.1, 0.15) is 40.1 Å². The molecule has 8 nitrogen and oxygen atoms in total. The van der Waals surface area contributed by atoms with E-state index in [1.165, 1.54) is 11.3 Å². The van der Waals surface area contributed by atoms with Gasteiger partial charge in [0.2, 0.25) is 0 Å². The van der Waals surface area contributed by atoms with Gasteiger partial charge in [-0.15, -0.1) is 0 Å². The molecule has 0 saturated carbocycles. The summed E-state index contributed by atoms with van der Waals surface area (Å²) in [5.41, 5.74) is 2.42. The highest BCUT2D eigenvalue weighted by Crippen LogP contribution is 2.22. The van der Waals surface area contributed by atoms with Gasteiger partial charge in [-0.1, -0.05) is 36.5 Å². The Morgan fingerprint density at radius 3 is 2.31 bits per heavy atom. The van der Waals surface area contributed by atoms with Gasteiger partial charge < -0.3 is 9.30 Å². The first-order valence-corrected chi connectivity index (χ1v) is 11.0. The largest absolute Gasteiger partial charge is 0.465 e. The molecule has 2 heterocycles. The third-order valence-electron chi connectivity index (χ3n) is 5.14. The Labute approximate surface area is 187 Å². The fraction of sp³-hybridized carbons (Fsp3) is 0.261. The summed E-state index contributed by atoms with van der Waals surface area (Å²) in [7, 11) is 0. The van der Waals surface area contributed by atoms with E-state index in [0.717, 1.165) is 27.1 Å². The highest BCUT2D eigenvalue weighted by molar-refractivity contribution is 7.16. The number of rotatable bonds is 6. The molecule has 0 fully saturated rings. The number of ether oxygens (including phenoxy) is 1. The van der Waals surface area contributed by atoms with Crippen LogP contribution in [0.2, 0.25) is 0 Å². The molecule has 3 amide bonds. The lowest BCUT2D eigenvalue weighted by molar-refractivity contribution is -0.143. The van der Waals surface area contributed by atoms with Gasteiger partial charge in [0, 0.05) is 0 Å². The molecular weight excluding hydrogens is 430 g/mol. The van der Waals surface area contributed by atoms with Crippen molar-refractivity contribution in [3.8, 4) is 0 Å². The molecule has 9 heteroatoms. The first kappa shape index (κ1) is 21.6. The number of benzene rings is 2. The zero-order valence-electron chi connectivity index (χ0n) is 17.7. The second-order valence-electron chi connectivity index (χ2n) is 7.18. The third kappa shape index (κ3) is 3.99. The smallest absolute Gasteiger partial charge is 0.326 e. The normalized spacial score (nSPS) is 13.7. The van der Waals surface area contributed by atoms with Gasteiger partial charge in [-0.25, -0.2) is 0 Å². The number of carbonyl (C=O) groups is 4. The number of thiazole rings is 1. The average Bonchev–Trinajstić information content (AvgIpc) is 3.23. The number of aromatic nitrogens is 1. The van der Waals surface area contributed by atoms with Gasteiger partial charge in [-0.05, 0) is 43.2 Å². The predicted octanol–water partition coefficient (Wildman–Crippen LogP) is 2.55. The van der Waals surface area contributed by atoms with Crippen LogP contribution in [0.15, 0.2) is 47.5 Å². The summed E-state index contributed by atoms with van der Waals surface area (Å²) in [6.07, 6.45) is 0.844. The lowest BCUT2D eigenvalue weighted by atomic mass is 10.1. The van der Waals surface area contributed by atoms with Gasteiger partial charge in [-0.2, -0.15) is 4.99 Å². The maximum Gasteiger partial charge on any atom is 0.326 e. The van der Waals surface area contributed by atoms with Crippen LogP contribution >= 0.6 is 11.3 Å². The minimum Gasteiger partial charge on any atom is -0.465 e. The van der Waals surface area contributed by atoms with Crippen LogP contribution in [-0.2, 0) is 27.3 Å². The molecule has 2 aromatic carbocycles. The van der Waals surface area contributed by atoms with Gasteiger partial charge in [-0.3, -0.25) is 24.1 Å². The number of nitrogens with zero attached hydrogens (tertiary/aromatic N) is 3. The number of hydrogen-bond donors (Lipinski definition) is 0. The summed E-state index contributed by atoms with van der Waals surface area (Å²) in [6.45, 7) is 3.43. The second kappa shape index (κ2) is 8.88. The maximum atomic E-state index is 12.7. The van der Waals surface area contributed by atoms with Crippen LogP contribution < -0.4 is 4.80 Å². The summed E-state index contributed by atoms with van der Waals surface area (Å²) < 4.78 is 7.56. The standard InChI is InChI=1S/C23H21N3O5S/c1-3-14-9-10-17-18(11-14)32-23(25(17)13-20(28)31-4-2)24-19(27)12-26-21(29)15-7-5-6-8-16(15)22(26)30/h5-11H,3-4,12-13H2,1-2H3. The summed E-state index contributed by atoms with van der Waals surface area (Å²) >= 11 is 1.27. The zero-order chi connectivity index (χ0) is 22.8. The molecule has 0 radical (unpaired) electrons. The van der Waals surface area contributed by atoms with Crippen LogP contribution in [0.4, 0.5) is 0 Å². The molecule has 32 heavy (non-hydrogen) atoms. The Morgan fingerprint density at radius 2 is 1.69 bits per heavy atom. The van der Waals surface area contributed by atoms with Crippen molar-refractivity contribution in [2.24, 2.45) is 4.99 Å². The van der Waals surface area contributed by atoms with Crippen molar-refractivity contribution >= 4 is 45.2 Å². The summed E-state index contributed by atoms with van der Waals surface area (Å²) in [6, 6.07) is 12.3. The molecule has 1 aliphatic rings. The van der Waals surface area contributed by atoms with Crippen LogP contribution in [-0.4, -0.2) is 46.3 Å². The molecule has 0 atom stereocenters. The number of fused-ring (bicyclic) bond motifs is 2. The minimum atomic E-state index is -0.653. The maximum absolute atomic E-state index is 12.7. The Balaban J connectivity index is 1.68. The number of imide groups is 1. The predicted molar refractivity (Wildman–Crippen MR) is 118 cm³/mol. The van der Waals surface area contributed by atoms with Crippen LogP contribution in [0.25, 0.3) is 10.2 Å². The van der Waals surface area contributed by atoms with E-state index < -0.39 is 30.2 Å². The number of aryl methyl sites for hydroxylation is 1. The van der Waals surface area contributed by atoms with E-state index in [-0.39, 0.29) is 24.3 Å². The van der Waals surface area contributed by atoms with Gasteiger partial charge in [0.1, 0.15) is 13.1 Å². The van der Waals surface area contributed by atoms with Crippen molar-refractivity contribution < 1.29 is 23.9 Å². The Kier molecular flexibility index (Phi) is 6.00. The molecule has 1 aromatic heterocycles. The number of esters is 1. The van der Waals surface area contributed by atoms with Crippen molar-refractivity contribution in [1.29, 1.82) is 0 Å². The third-order valence-corrected chi connectivity index (χ3v) is 6.18.